The zero-order valence-electron chi connectivity index (χ0n) is 14.8. The standard InChI is InChI=1S/C20H22N4OS/c1-24-15-3-4-16(24)10-14(9-15)21-20(25)19-17-8-12(13-6-7-26-11-13)2-5-18(17)22-23-19/h2,6-8,11,14-16H,3-5,9-10H2,1H3,(H,21,25). The van der Waals surface area contributed by atoms with Crippen molar-refractivity contribution in [1.29, 1.82) is 0 Å². The third-order valence-corrected chi connectivity index (χ3v) is 6.84. The zero-order chi connectivity index (χ0) is 17.7. The Morgan fingerprint density at radius 2 is 2.08 bits per heavy atom. The number of nitrogens with zero attached hydrogens (tertiary/aromatic N) is 3. The van der Waals surface area contributed by atoms with E-state index in [1.807, 2.05) is 0 Å². The Balaban J connectivity index is 1.31. The van der Waals surface area contributed by atoms with E-state index in [4.69, 9.17) is 0 Å². The number of thiophene rings is 1. The predicted octanol–water partition coefficient (Wildman–Crippen LogP) is 3.01. The van der Waals surface area contributed by atoms with Crippen molar-refractivity contribution < 1.29 is 4.79 Å². The second-order valence-electron chi connectivity index (χ2n) is 7.62. The van der Waals surface area contributed by atoms with E-state index in [0.717, 1.165) is 36.1 Å². The van der Waals surface area contributed by atoms with E-state index in [9.17, 15) is 4.79 Å². The molecule has 1 amide bonds. The molecule has 134 valence electrons. The van der Waals surface area contributed by atoms with Crippen molar-refractivity contribution >= 4 is 34.2 Å². The highest BCUT2D eigenvalue weighted by Crippen LogP contribution is 2.34. The van der Waals surface area contributed by atoms with Gasteiger partial charge in [0.15, 0.2) is 5.71 Å². The van der Waals surface area contributed by atoms with Crippen LogP contribution in [0.15, 0.2) is 44.8 Å². The first kappa shape index (κ1) is 16.1. The lowest BCUT2D eigenvalue weighted by Gasteiger charge is -2.36. The zero-order valence-corrected chi connectivity index (χ0v) is 15.6. The van der Waals surface area contributed by atoms with Crippen molar-refractivity contribution in [2.24, 2.45) is 10.2 Å². The minimum absolute atomic E-state index is 0.0736. The number of rotatable bonds is 3. The maximum Gasteiger partial charge on any atom is 0.272 e. The molecule has 2 atom stereocenters. The monoisotopic (exact) mass is 366 g/mol. The smallest absolute Gasteiger partial charge is 0.272 e. The highest BCUT2D eigenvalue weighted by Gasteiger charge is 2.39. The average Bonchev–Trinajstić information content (AvgIpc) is 3.34. The molecule has 5 rings (SSSR count). The summed E-state index contributed by atoms with van der Waals surface area (Å²) in [6.07, 6.45) is 9.54. The highest BCUT2D eigenvalue weighted by atomic mass is 32.1. The fourth-order valence-corrected chi connectivity index (χ4v) is 5.32. The molecule has 2 unspecified atom stereocenters. The molecule has 0 radical (unpaired) electrons. The molecule has 2 bridgehead atoms. The van der Waals surface area contributed by atoms with Crippen LogP contribution in [0, 0.1) is 0 Å². The molecular weight excluding hydrogens is 344 g/mol. The molecule has 4 heterocycles. The third kappa shape index (κ3) is 2.68. The largest absolute Gasteiger partial charge is 0.348 e. The van der Waals surface area contributed by atoms with E-state index in [1.165, 1.54) is 18.4 Å². The Kier molecular flexibility index (Phi) is 3.90. The predicted molar refractivity (Wildman–Crippen MR) is 106 cm³/mol. The van der Waals surface area contributed by atoms with Gasteiger partial charge in [0, 0.05) is 30.1 Å². The number of fused-ring (bicyclic) bond motifs is 3. The average molecular weight is 366 g/mol. The van der Waals surface area contributed by atoms with Gasteiger partial charge in [0.2, 0.25) is 0 Å². The van der Waals surface area contributed by atoms with Crippen LogP contribution in [0.3, 0.4) is 0 Å². The summed E-state index contributed by atoms with van der Waals surface area (Å²) < 4.78 is 0. The van der Waals surface area contributed by atoms with E-state index in [-0.39, 0.29) is 11.9 Å². The van der Waals surface area contributed by atoms with Crippen molar-refractivity contribution in [3.05, 3.63) is 40.1 Å². The van der Waals surface area contributed by atoms with E-state index < -0.39 is 0 Å². The van der Waals surface area contributed by atoms with Crippen LogP contribution in [-0.4, -0.2) is 47.4 Å². The summed E-state index contributed by atoms with van der Waals surface area (Å²) in [7, 11) is 2.21. The van der Waals surface area contributed by atoms with Crippen molar-refractivity contribution in [1.82, 2.24) is 10.2 Å². The minimum Gasteiger partial charge on any atom is -0.348 e. The maximum absolute atomic E-state index is 12.9. The van der Waals surface area contributed by atoms with Gasteiger partial charge in [-0.2, -0.15) is 16.4 Å². The van der Waals surface area contributed by atoms with E-state index in [1.54, 1.807) is 11.3 Å². The maximum atomic E-state index is 12.9. The van der Waals surface area contributed by atoms with Gasteiger partial charge in [-0.15, -0.1) is 5.10 Å². The molecule has 1 aromatic rings. The second kappa shape index (κ2) is 6.28. The van der Waals surface area contributed by atoms with Crippen LogP contribution >= 0.6 is 11.3 Å². The first-order valence-corrected chi connectivity index (χ1v) is 10.3. The lowest BCUT2D eigenvalue weighted by molar-refractivity contribution is -0.115. The summed E-state index contributed by atoms with van der Waals surface area (Å²) in [6.45, 7) is 0. The first-order chi connectivity index (χ1) is 12.7. The molecular formula is C20H22N4OS. The number of amides is 1. The molecule has 1 N–H and O–H groups in total. The molecule has 26 heavy (non-hydrogen) atoms. The van der Waals surface area contributed by atoms with Gasteiger partial charge in [-0.1, -0.05) is 6.08 Å². The van der Waals surface area contributed by atoms with Crippen LogP contribution < -0.4 is 5.32 Å². The molecule has 3 aliphatic heterocycles. The van der Waals surface area contributed by atoms with Crippen molar-refractivity contribution in [2.45, 2.75) is 50.2 Å². The van der Waals surface area contributed by atoms with Crippen LogP contribution in [0.5, 0.6) is 0 Å². The number of carbonyl (C=O) groups is 1. The van der Waals surface area contributed by atoms with Gasteiger partial charge in [0.1, 0.15) is 0 Å². The minimum atomic E-state index is -0.0736. The van der Waals surface area contributed by atoms with E-state index in [2.05, 4.69) is 56.4 Å². The normalized spacial score (nSPS) is 30.3. The molecule has 6 heteroatoms. The summed E-state index contributed by atoms with van der Waals surface area (Å²) in [6, 6.07) is 3.58. The molecule has 5 nitrogen and oxygen atoms in total. The quantitative estimate of drug-likeness (QED) is 0.894. The number of piperidine rings is 1. The molecule has 0 saturated carbocycles. The Hall–Kier alpha value is -2.05. The Morgan fingerprint density at radius 1 is 1.27 bits per heavy atom. The van der Waals surface area contributed by atoms with Crippen LogP contribution in [0.4, 0.5) is 0 Å². The summed E-state index contributed by atoms with van der Waals surface area (Å²) in [4.78, 5) is 15.4. The summed E-state index contributed by atoms with van der Waals surface area (Å²) in [5, 5.41) is 15.9. The number of allylic oxidation sites excluding steroid dienone is 3. The first-order valence-electron chi connectivity index (χ1n) is 9.31. The second-order valence-corrected chi connectivity index (χ2v) is 8.40. The molecule has 1 aliphatic carbocycles. The fourth-order valence-electron chi connectivity index (χ4n) is 4.66. The van der Waals surface area contributed by atoms with Crippen molar-refractivity contribution in [3.63, 3.8) is 0 Å². The lowest BCUT2D eigenvalue weighted by Crippen LogP contribution is -2.50. The molecule has 4 aliphatic rings. The SMILES string of the molecule is CN1C2CCC1CC(NC(=O)C1=NN=C3CC=C(c4ccsc4)C=C31)C2. The lowest BCUT2D eigenvalue weighted by atomic mass is 9.91. The van der Waals surface area contributed by atoms with Gasteiger partial charge in [-0.25, -0.2) is 0 Å². The third-order valence-electron chi connectivity index (χ3n) is 6.15. The van der Waals surface area contributed by atoms with Crippen molar-refractivity contribution in [2.75, 3.05) is 7.05 Å². The van der Waals surface area contributed by atoms with Crippen molar-refractivity contribution in [3.8, 4) is 0 Å². The van der Waals surface area contributed by atoms with Crippen LogP contribution in [0.25, 0.3) is 5.57 Å². The van der Waals surface area contributed by atoms with E-state index >= 15 is 0 Å². The van der Waals surface area contributed by atoms with Gasteiger partial charge in [0.25, 0.3) is 5.91 Å². The molecule has 2 fully saturated rings. The van der Waals surface area contributed by atoms with Crippen LogP contribution in [0.2, 0.25) is 0 Å². The van der Waals surface area contributed by atoms with E-state index in [0.29, 0.717) is 17.8 Å². The fraction of sp³-hybridized carbons (Fsp3) is 0.450. The molecule has 0 aromatic carbocycles. The van der Waals surface area contributed by atoms with Gasteiger partial charge in [-0.3, -0.25) is 4.79 Å². The number of nitrogens with one attached hydrogen (secondary N) is 1. The number of carbonyl (C=O) groups excluding carboxylic acids is 1. The summed E-state index contributed by atoms with van der Waals surface area (Å²) in [5.74, 6) is -0.0736. The molecule has 0 spiro atoms. The van der Waals surface area contributed by atoms with Gasteiger partial charge < -0.3 is 10.2 Å². The Labute approximate surface area is 157 Å². The Morgan fingerprint density at radius 3 is 2.81 bits per heavy atom. The van der Waals surface area contributed by atoms with Gasteiger partial charge >= 0.3 is 0 Å². The Bertz CT molecular complexity index is 850. The molecule has 1 aromatic heterocycles. The van der Waals surface area contributed by atoms with Gasteiger partial charge in [0.05, 0.1) is 5.71 Å². The highest BCUT2D eigenvalue weighted by molar-refractivity contribution is 7.08. The summed E-state index contributed by atoms with van der Waals surface area (Å²) >= 11 is 1.68. The van der Waals surface area contributed by atoms with Gasteiger partial charge in [-0.05, 0) is 66.8 Å². The molecule has 2 saturated heterocycles. The number of hydrogen-bond acceptors (Lipinski definition) is 5. The van der Waals surface area contributed by atoms with Crippen LogP contribution in [-0.2, 0) is 4.79 Å². The topological polar surface area (TPSA) is 57.1 Å². The number of hydrogen-bond donors (Lipinski definition) is 1. The van der Waals surface area contributed by atoms with Crippen LogP contribution in [0.1, 0.15) is 37.7 Å². The summed E-state index contributed by atoms with van der Waals surface area (Å²) in [5.41, 5.74) is 4.62.